The monoisotopic (exact) mass is 457 g/mol. The number of benzene rings is 2. The number of rotatable bonds is 6. The van der Waals surface area contributed by atoms with Gasteiger partial charge < -0.3 is 15.0 Å². The van der Waals surface area contributed by atoms with E-state index in [0.717, 1.165) is 31.6 Å². The first kappa shape index (κ1) is 22.6. The van der Waals surface area contributed by atoms with Gasteiger partial charge in [0.15, 0.2) is 0 Å². The van der Waals surface area contributed by atoms with Crippen molar-refractivity contribution >= 4 is 27.3 Å². The summed E-state index contributed by atoms with van der Waals surface area (Å²) in [5, 5.41) is 2.87. The summed E-state index contributed by atoms with van der Waals surface area (Å²) in [5.41, 5.74) is 1.99. The fourth-order valence-electron chi connectivity index (χ4n) is 4.33. The number of nitrogens with one attached hydrogen (secondary N) is 1. The zero-order valence-corrected chi connectivity index (χ0v) is 19.5. The molecule has 1 amide bonds. The van der Waals surface area contributed by atoms with Crippen LogP contribution in [-0.2, 0) is 10.0 Å². The van der Waals surface area contributed by atoms with Gasteiger partial charge in [-0.2, -0.15) is 4.31 Å². The number of anilines is 2. The summed E-state index contributed by atoms with van der Waals surface area (Å²) in [6.07, 6.45) is 4.09. The minimum Gasteiger partial charge on any atom is -0.496 e. The van der Waals surface area contributed by atoms with Crippen molar-refractivity contribution in [3.05, 3.63) is 48.0 Å². The molecule has 7 nitrogen and oxygen atoms in total. The van der Waals surface area contributed by atoms with E-state index in [2.05, 4.69) is 17.1 Å². The number of hydrogen-bond donors (Lipinski definition) is 1. The van der Waals surface area contributed by atoms with Crippen LogP contribution in [0.3, 0.4) is 0 Å². The number of sulfonamides is 1. The number of carbonyl (C=O) groups is 1. The second-order valence-corrected chi connectivity index (χ2v) is 10.6. The van der Waals surface area contributed by atoms with Gasteiger partial charge in [0.25, 0.3) is 5.91 Å². The van der Waals surface area contributed by atoms with E-state index in [1.165, 1.54) is 36.4 Å². The second-order valence-electron chi connectivity index (χ2n) is 8.64. The van der Waals surface area contributed by atoms with Crippen LogP contribution in [0.25, 0.3) is 0 Å². The third-order valence-electron chi connectivity index (χ3n) is 6.39. The molecule has 2 aromatic carbocycles. The van der Waals surface area contributed by atoms with Crippen LogP contribution >= 0.6 is 0 Å². The molecule has 8 heteroatoms. The van der Waals surface area contributed by atoms with Gasteiger partial charge in [0.1, 0.15) is 5.75 Å². The van der Waals surface area contributed by atoms with Crippen LogP contribution in [0.15, 0.2) is 47.4 Å². The van der Waals surface area contributed by atoms with E-state index in [1.807, 2.05) is 24.3 Å². The fraction of sp³-hybridized carbons (Fsp3) is 0.458. The van der Waals surface area contributed by atoms with Crippen LogP contribution in [0.1, 0.15) is 43.0 Å². The van der Waals surface area contributed by atoms with Crippen LogP contribution in [0, 0.1) is 5.92 Å². The van der Waals surface area contributed by atoms with Gasteiger partial charge in [-0.15, -0.1) is 0 Å². The maximum atomic E-state index is 13.1. The van der Waals surface area contributed by atoms with E-state index in [-0.39, 0.29) is 10.5 Å². The van der Waals surface area contributed by atoms with Crippen molar-refractivity contribution in [2.24, 2.45) is 5.92 Å². The zero-order chi connectivity index (χ0) is 22.7. The number of amides is 1. The Morgan fingerprint density at radius 1 is 1.00 bits per heavy atom. The van der Waals surface area contributed by atoms with Crippen LogP contribution in [0.4, 0.5) is 11.4 Å². The van der Waals surface area contributed by atoms with Gasteiger partial charge in [-0.3, -0.25) is 4.79 Å². The highest BCUT2D eigenvalue weighted by molar-refractivity contribution is 7.89. The Hall–Kier alpha value is -2.58. The number of carbonyl (C=O) groups excluding carboxylic acids is 1. The van der Waals surface area contributed by atoms with E-state index in [1.54, 1.807) is 6.07 Å². The SMILES string of the molecule is COc1ccc(S(=O)(=O)N2CCC(C)CC2)cc1C(=O)Nc1ccc(N2CCCC2)cc1. The first-order valence-electron chi connectivity index (χ1n) is 11.2. The van der Waals surface area contributed by atoms with Crippen molar-refractivity contribution in [3.63, 3.8) is 0 Å². The molecule has 0 bridgehead atoms. The predicted molar refractivity (Wildman–Crippen MR) is 126 cm³/mol. The van der Waals surface area contributed by atoms with Crippen molar-refractivity contribution in [1.82, 2.24) is 4.31 Å². The molecular formula is C24H31N3O4S. The number of methoxy groups -OCH3 is 1. The average Bonchev–Trinajstić information content (AvgIpc) is 3.34. The molecule has 0 spiro atoms. The molecule has 0 saturated carbocycles. The Morgan fingerprint density at radius 3 is 2.28 bits per heavy atom. The number of ether oxygens (including phenoxy) is 1. The molecular weight excluding hydrogens is 426 g/mol. The van der Waals surface area contributed by atoms with Crippen LogP contribution in [-0.4, -0.2) is 51.9 Å². The fourth-order valence-corrected chi connectivity index (χ4v) is 5.83. The van der Waals surface area contributed by atoms with Crippen molar-refractivity contribution in [1.29, 1.82) is 0 Å². The zero-order valence-electron chi connectivity index (χ0n) is 18.7. The van der Waals surface area contributed by atoms with Gasteiger partial charge in [0.05, 0.1) is 17.6 Å². The summed E-state index contributed by atoms with van der Waals surface area (Å²) >= 11 is 0. The summed E-state index contributed by atoms with van der Waals surface area (Å²) in [6.45, 7) is 5.25. The van der Waals surface area contributed by atoms with Crippen LogP contribution in [0.2, 0.25) is 0 Å². The van der Waals surface area contributed by atoms with Crippen molar-refractivity contribution < 1.29 is 17.9 Å². The van der Waals surface area contributed by atoms with Gasteiger partial charge in [-0.25, -0.2) is 8.42 Å². The number of nitrogens with zero attached hydrogens (tertiary/aromatic N) is 2. The van der Waals surface area contributed by atoms with Crippen LogP contribution < -0.4 is 15.0 Å². The molecule has 2 fully saturated rings. The van der Waals surface area contributed by atoms with E-state index < -0.39 is 15.9 Å². The molecule has 172 valence electrons. The van der Waals surface area contributed by atoms with E-state index in [4.69, 9.17) is 4.74 Å². The van der Waals surface area contributed by atoms with Crippen LogP contribution in [0.5, 0.6) is 5.75 Å². The molecule has 2 aliphatic heterocycles. The molecule has 2 aromatic rings. The largest absolute Gasteiger partial charge is 0.496 e. The standard InChI is InChI=1S/C24H31N3O4S/c1-18-11-15-27(16-12-18)32(29,30)21-9-10-23(31-2)22(17-21)24(28)25-19-5-7-20(8-6-19)26-13-3-4-14-26/h5-10,17-18H,3-4,11-16H2,1-2H3,(H,25,28). The molecule has 2 heterocycles. The van der Waals surface area contributed by atoms with Gasteiger partial charge in [-0.05, 0) is 74.1 Å². The lowest BCUT2D eigenvalue weighted by atomic mass is 10.0. The third kappa shape index (κ3) is 4.76. The van der Waals surface area contributed by atoms with Gasteiger partial charge >= 0.3 is 0 Å². The lowest BCUT2D eigenvalue weighted by Gasteiger charge is -2.29. The van der Waals surface area contributed by atoms with E-state index in [9.17, 15) is 13.2 Å². The van der Waals surface area contributed by atoms with Gasteiger partial charge in [0, 0.05) is 37.6 Å². The average molecular weight is 458 g/mol. The Labute approximate surface area is 190 Å². The minimum atomic E-state index is -3.66. The maximum absolute atomic E-state index is 13.1. The highest BCUT2D eigenvalue weighted by atomic mass is 32.2. The Morgan fingerprint density at radius 2 is 1.66 bits per heavy atom. The molecule has 0 aromatic heterocycles. The molecule has 0 unspecified atom stereocenters. The summed E-state index contributed by atoms with van der Waals surface area (Å²) in [5.74, 6) is 0.456. The number of hydrogen-bond acceptors (Lipinski definition) is 5. The molecule has 0 aliphatic carbocycles. The summed E-state index contributed by atoms with van der Waals surface area (Å²) < 4.78 is 33.1. The Balaban J connectivity index is 1.53. The van der Waals surface area contributed by atoms with Crippen molar-refractivity contribution in [2.75, 3.05) is 43.5 Å². The molecule has 1 N–H and O–H groups in total. The quantitative estimate of drug-likeness (QED) is 0.710. The minimum absolute atomic E-state index is 0.113. The third-order valence-corrected chi connectivity index (χ3v) is 8.29. The Bertz CT molecular complexity index is 1060. The second kappa shape index (κ2) is 9.50. The normalized spacial score (nSPS) is 18.0. The topological polar surface area (TPSA) is 79.0 Å². The van der Waals surface area contributed by atoms with Crippen molar-refractivity contribution in [3.8, 4) is 5.75 Å². The highest BCUT2D eigenvalue weighted by Crippen LogP contribution is 2.28. The lowest BCUT2D eigenvalue weighted by Crippen LogP contribution is -2.37. The lowest BCUT2D eigenvalue weighted by molar-refractivity contribution is 0.102. The highest BCUT2D eigenvalue weighted by Gasteiger charge is 2.29. The molecule has 0 radical (unpaired) electrons. The molecule has 2 saturated heterocycles. The Kier molecular flexibility index (Phi) is 6.71. The molecule has 0 atom stereocenters. The smallest absolute Gasteiger partial charge is 0.259 e. The molecule has 4 rings (SSSR count). The van der Waals surface area contributed by atoms with Crippen molar-refractivity contribution in [2.45, 2.75) is 37.5 Å². The van der Waals surface area contributed by atoms with Gasteiger partial charge in [-0.1, -0.05) is 6.92 Å². The first-order chi connectivity index (χ1) is 15.4. The number of piperidine rings is 1. The first-order valence-corrected chi connectivity index (χ1v) is 12.7. The summed E-state index contributed by atoms with van der Waals surface area (Å²) in [4.78, 5) is 15.5. The summed E-state index contributed by atoms with van der Waals surface area (Å²) in [7, 11) is -2.19. The summed E-state index contributed by atoms with van der Waals surface area (Å²) in [6, 6.07) is 12.2. The maximum Gasteiger partial charge on any atom is 0.259 e. The molecule has 2 aliphatic rings. The van der Waals surface area contributed by atoms with Gasteiger partial charge in [0.2, 0.25) is 10.0 Å². The van der Waals surface area contributed by atoms with E-state index >= 15 is 0 Å². The predicted octanol–water partition coefficient (Wildman–Crippen LogP) is 3.97. The van der Waals surface area contributed by atoms with E-state index in [0.29, 0.717) is 30.4 Å². The molecule has 32 heavy (non-hydrogen) atoms.